The summed E-state index contributed by atoms with van der Waals surface area (Å²) in [7, 11) is 0. The summed E-state index contributed by atoms with van der Waals surface area (Å²) in [5, 5.41) is 0.756. The first-order valence-electron chi connectivity index (χ1n) is 31.9. The highest BCUT2D eigenvalue weighted by Gasteiger charge is 2.51. The fourth-order valence-electron chi connectivity index (χ4n) is 10.5. The molecule has 1 aliphatic rings. The summed E-state index contributed by atoms with van der Waals surface area (Å²) in [5.74, 6) is 0. The standard InChI is InChI=1S/C63H63NO/c1-34-25-28-46(29-26-34)47-31-32-52(39(6)38(47)5)64(58-41(8)40(7)53-50-30-27-35(2)37(4)56(50)63(15,62(12,13)14)57(53)44(58)11)59-43(10)55-54-42(9)51(45-21-17-16-18-22-45)33-36(3)60(54)65-61(55)49-24-20-19-23-48(49)59/h16-33H,1-15H3/i15D3,16D,17D,18D,19D,20D,21D,22D,24D,25D,26D,27D,28D,29D,30D,31D,32D,33D. The molecule has 1 unspecified atom stereocenters. The van der Waals surface area contributed by atoms with E-state index in [-0.39, 0.29) is 119 Å². The van der Waals surface area contributed by atoms with E-state index in [4.69, 9.17) is 14.0 Å². The van der Waals surface area contributed by atoms with Gasteiger partial charge in [0.05, 0.1) is 34.7 Å². The van der Waals surface area contributed by atoms with Gasteiger partial charge in [0, 0.05) is 36.8 Å². The molecule has 326 valence electrons. The first-order valence-corrected chi connectivity index (χ1v) is 21.9. The number of hydrogen-bond donors (Lipinski definition) is 0. The Hall–Kier alpha value is -6.38. The van der Waals surface area contributed by atoms with Gasteiger partial charge in [0.25, 0.3) is 0 Å². The molecule has 2 nitrogen and oxygen atoms in total. The van der Waals surface area contributed by atoms with Crippen LogP contribution in [0.4, 0.5) is 17.1 Å². The SMILES string of the molecule is [2H]c1cc2c(N(c3c([2H])c([2H])c(-c4c([2H])c([2H])c(C)c([2H])c4[2H])c(C)c3C)c3c(C)c(C)c4c(c3C)C(C([2H])([2H])[2H])(C(C)(C)C)c3c(C)c(C)c([2H])c([2H])c3-4)c(C)c3c(oc4c(C)c([2H])c(-c5c([2H])c([2H])c([2H])c([2H])c5[2H])c(C)c43)c2c([2H])c1[2H]. The number of nitrogens with zero attached hydrogens (tertiary/aromatic N) is 1. The highest BCUT2D eigenvalue weighted by Crippen LogP contribution is 2.63. The lowest BCUT2D eigenvalue weighted by atomic mass is 9.60. The maximum absolute atomic E-state index is 10.4. The predicted octanol–water partition coefficient (Wildman–Crippen LogP) is 18.3. The topological polar surface area (TPSA) is 16.4 Å². The van der Waals surface area contributed by atoms with Crippen LogP contribution in [0.3, 0.4) is 0 Å². The first-order chi connectivity index (χ1) is 39.2. The highest BCUT2D eigenvalue weighted by molar-refractivity contribution is 6.23. The molecule has 0 N–H and O–H groups in total. The van der Waals surface area contributed by atoms with E-state index in [2.05, 4.69) is 0 Å². The second-order valence-electron chi connectivity index (χ2n) is 18.8. The van der Waals surface area contributed by atoms with Gasteiger partial charge in [-0.15, -0.1) is 0 Å². The molecule has 9 aromatic rings. The highest BCUT2D eigenvalue weighted by atomic mass is 16.3. The van der Waals surface area contributed by atoms with Gasteiger partial charge in [-0.3, -0.25) is 0 Å². The third-order valence-electron chi connectivity index (χ3n) is 14.2. The van der Waals surface area contributed by atoms with Crippen LogP contribution < -0.4 is 4.90 Å². The average Bonchev–Trinajstić information content (AvgIpc) is 1.54. The molecule has 1 aliphatic carbocycles. The van der Waals surface area contributed by atoms with Crippen LogP contribution in [0.1, 0.15) is 127 Å². The van der Waals surface area contributed by atoms with Crippen LogP contribution in [0.5, 0.6) is 0 Å². The van der Waals surface area contributed by atoms with Crippen molar-refractivity contribution in [3.8, 4) is 33.4 Å². The quantitative estimate of drug-likeness (QED) is 0.171. The van der Waals surface area contributed by atoms with Gasteiger partial charge in [0.1, 0.15) is 11.2 Å². The summed E-state index contributed by atoms with van der Waals surface area (Å²) >= 11 is 0. The summed E-state index contributed by atoms with van der Waals surface area (Å²) in [6, 6.07) is -5.73. The van der Waals surface area contributed by atoms with Crippen molar-refractivity contribution in [3.05, 3.63) is 181 Å². The van der Waals surface area contributed by atoms with E-state index in [0.717, 1.165) is 0 Å². The third kappa shape index (κ3) is 5.91. The van der Waals surface area contributed by atoms with Gasteiger partial charge in [-0.05, 0) is 194 Å². The maximum atomic E-state index is 10.4. The Balaban J connectivity index is 1.52. The number of rotatable bonds is 5. The Morgan fingerprint density at radius 2 is 1.17 bits per heavy atom. The van der Waals surface area contributed by atoms with Crippen LogP contribution in [0.2, 0.25) is 0 Å². The molecular weight excluding hydrogens is 787 g/mol. The smallest absolute Gasteiger partial charge is 0.143 e. The summed E-state index contributed by atoms with van der Waals surface area (Å²) < 4.78 is 194. The van der Waals surface area contributed by atoms with Crippen molar-refractivity contribution in [3.63, 3.8) is 0 Å². The van der Waals surface area contributed by atoms with Crippen LogP contribution in [-0.2, 0) is 5.41 Å². The van der Waals surface area contributed by atoms with Crippen LogP contribution in [0, 0.1) is 81.6 Å². The molecule has 0 amide bonds. The molecule has 0 bridgehead atoms. The van der Waals surface area contributed by atoms with Gasteiger partial charge < -0.3 is 9.32 Å². The van der Waals surface area contributed by atoms with E-state index < -0.39 is 84.1 Å². The molecule has 10 rings (SSSR count). The fraction of sp³-hybridized carbons (Fsp3) is 0.270. The van der Waals surface area contributed by atoms with Crippen LogP contribution in [-0.4, -0.2) is 0 Å². The zero-order valence-corrected chi connectivity index (χ0v) is 39.4. The van der Waals surface area contributed by atoms with E-state index in [9.17, 15) is 17.8 Å². The minimum absolute atomic E-state index is 0.00913. The molecule has 0 fully saturated rings. The zero-order valence-electron chi connectivity index (χ0n) is 59.4. The molecule has 2 heteroatoms. The van der Waals surface area contributed by atoms with Crippen molar-refractivity contribution < 1.29 is 31.8 Å². The number of hydrogen-bond acceptors (Lipinski definition) is 2. The van der Waals surface area contributed by atoms with Crippen LogP contribution in [0.25, 0.3) is 66.1 Å². The summed E-state index contributed by atoms with van der Waals surface area (Å²) in [5.41, 5.74) is 2.48. The van der Waals surface area contributed by atoms with Crippen molar-refractivity contribution in [2.75, 3.05) is 4.90 Å². The lowest BCUT2D eigenvalue weighted by Gasteiger charge is -2.44. The molecular formula is C63H63NO. The van der Waals surface area contributed by atoms with E-state index >= 15 is 0 Å². The second kappa shape index (κ2) is 14.8. The maximum Gasteiger partial charge on any atom is 0.143 e. The Bertz CT molecular complexity index is 4500. The van der Waals surface area contributed by atoms with Crippen molar-refractivity contribution >= 4 is 49.8 Å². The van der Waals surface area contributed by atoms with E-state index in [0.29, 0.717) is 72.3 Å². The molecule has 0 spiro atoms. The molecule has 1 heterocycles. The lowest BCUT2D eigenvalue weighted by Crippen LogP contribution is -2.38. The fourth-order valence-corrected chi connectivity index (χ4v) is 10.5. The molecule has 65 heavy (non-hydrogen) atoms. The lowest BCUT2D eigenvalue weighted by molar-refractivity contribution is 0.253. The van der Waals surface area contributed by atoms with Crippen molar-refractivity contribution in [1.29, 1.82) is 0 Å². The second-order valence-corrected chi connectivity index (χ2v) is 18.8. The first kappa shape index (κ1) is 25.4. The van der Waals surface area contributed by atoms with Gasteiger partial charge in [-0.1, -0.05) is 130 Å². The molecule has 0 saturated heterocycles. The van der Waals surface area contributed by atoms with Crippen LogP contribution >= 0.6 is 0 Å². The molecule has 0 aliphatic heterocycles. The molecule has 1 aromatic heterocycles. The number of anilines is 3. The summed E-state index contributed by atoms with van der Waals surface area (Å²) in [4.78, 5) is 1.72. The van der Waals surface area contributed by atoms with Crippen molar-refractivity contribution in [2.24, 2.45) is 5.41 Å². The Labute approximate surface area is 415 Å². The van der Waals surface area contributed by atoms with Crippen molar-refractivity contribution in [2.45, 2.75) is 109 Å². The normalized spacial score (nSPS) is 19.3. The minimum Gasteiger partial charge on any atom is -0.455 e. The van der Waals surface area contributed by atoms with Gasteiger partial charge in [-0.25, -0.2) is 0 Å². The van der Waals surface area contributed by atoms with Gasteiger partial charge in [0.2, 0.25) is 0 Å². The number of benzene rings is 8. The van der Waals surface area contributed by atoms with Gasteiger partial charge >= 0.3 is 0 Å². The number of furan rings is 1. The van der Waals surface area contributed by atoms with Gasteiger partial charge in [0.15, 0.2) is 0 Å². The van der Waals surface area contributed by atoms with E-state index in [1.54, 1.807) is 60.3 Å². The van der Waals surface area contributed by atoms with E-state index in [1.807, 2.05) is 34.6 Å². The molecule has 8 aromatic carbocycles. The predicted molar refractivity (Wildman–Crippen MR) is 280 cm³/mol. The van der Waals surface area contributed by atoms with E-state index in [1.165, 1.54) is 13.0 Å². The molecule has 0 saturated carbocycles. The Kier molecular flexibility index (Phi) is 5.78. The average molecular weight is 870 g/mol. The minimum atomic E-state index is -2.86. The van der Waals surface area contributed by atoms with Crippen LogP contribution in [0.15, 0.2) is 113 Å². The van der Waals surface area contributed by atoms with Gasteiger partial charge in [-0.2, -0.15) is 0 Å². The Morgan fingerprint density at radius 3 is 1.86 bits per heavy atom. The zero-order chi connectivity index (χ0) is 63.5. The Morgan fingerprint density at radius 1 is 0.508 bits per heavy atom. The van der Waals surface area contributed by atoms with Crippen molar-refractivity contribution in [1.82, 2.24) is 0 Å². The molecule has 1 atom stereocenters. The third-order valence-corrected chi connectivity index (χ3v) is 14.2. The number of aryl methyl sites for hydroxylation is 3. The summed E-state index contributed by atoms with van der Waals surface area (Å²) in [6.07, 6.45) is 0. The summed E-state index contributed by atoms with van der Waals surface area (Å²) in [6.45, 7) is 21.3. The largest absolute Gasteiger partial charge is 0.455 e. The molecule has 0 radical (unpaired) electrons. The number of fused-ring (bicyclic) bond motifs is 8. The monoisotopic (exact) mass is 870 g/mol.